The molecular formula is C23H23N3O4S. The molecule has 1 atom stereocenters. The van der Waals surface area contributed by atoms with Crippen molar-refractivity contribution in [3.8, 4) is 11.5 Å². The second kappa shape index (κ2) is 9.20. The van der Waals surface area contributed by atoms with Crippen molar-refractivity contribution in [3.05, 3.63) is 77.9 Å². The minimum absolute atomic E-state index is 0.198. The Bertz CT molecular complexity index is 1120. The highest BCUT2D eigenvalue weighted by molar-refractivity contribution is 7.82. The van der Waals surface area contributed by atoms with Crippen LogP contribution in [0.1, 0.15) is 15.9 Å². The summed E-state index contributed by atoms with van der Waals surface area (Å²) in [6.45, 7) is 1.57. The molecule has 3 aromatic carbocycles. The molecule has 0 radical (unpaired) electrons. The van der Waals surface area contributed by atoms with Gasteiger partial charge in [0, 0.05) is 23.9 Å². The molecule has 1 unspecified atom stereocenters. The van der Waals surface area contributed by atoms with Crippen molar-refractivity contribution >= 4 is 28.3 Å². The number of fused-ring (bicyclic) bond motifs is 1. The zero-order valence-corrected chi connectivity index (χ0v) is 17.9. The van der Waals surface area contributed by atoms with Gasteiger partial charge in [-0.15, -0.1) is 0 Å². The molecule has 1 aliphatic rings. The van der Waals surface area contributed by atoms with Crippen LogP contribution in [0.3, 0.4) is 0 Å². The zero-order chi connectivity index (χ0) is 21.8. The third-order valence-electron chi connectivity index (χ3n) is 5.06. The summed E-state index contributed by atoms with van der Waals surface area (Å²) in [6.07, 6.45) is 0. The highest BCUT2D eigenvalue weighted by Crippen LogP contribution is 2.38. The van der Waals surface area contributed by atoms with Crippen molar-refractivity contribution in [1.29, 1.82) is 0 Å². The van der Waals surface area contributed by atoms with Gasteiger partial charge in [-0.1, -0.05) is 18.2 Å². The summed E-state index contributed by atoms with van der Waals surface area (Å²) in [7, 11) is 0.131. The monoisotopic (exact) mass is 437 g/mol. The van der Waals surface area contributed by atoms with E-state index in [2.05, 4.69) is 10.2 Å². The number of amides is 1. The molecule has 0 aliphatic carbocycles. The van der Waals surface area contributed by atoms with Crippen LogP contribution in [0.2, 0.25) is 0 Å². The first-order valence-corrected chi connectivity index (χ1v) is 11.0. The number of benzene rings is 3. The Hall–Kier alpha value is -3.36. The first-order valence-electron chi connectivity index (χ1n) is 9.77. The van der Waals surface area contributed by atoms with E-state index in [-0.39, 0.29) is 5.91 Å². The number of hydrogen-bond donors (Lipinski definition) is 2. The minimum Gasteiger partial charge on any atom is -0.497 e. The molecule has 0 spiro atoms. The van der Waals surface area contributed by atoms with Crippen LogP contribution in [0.25, 0.3) is 0 Å². The van der Waals surface area contributed by atoms with Crippen LogP contribution in [0.5, 0.6) is 11.5 Å². The van der Waals surface area contributed by atoms with Gasteiger partial charge in [0.2, 0.25) is 0 Å². The molecule has 0 fully saturated rings. The third-order valence-corrected chi connectivity index (χ3v) is 5.80. The average molecular weight is 438 g/mol. The molecule has 0 saturated carbocycles. The maximum Gasteiger partial charge on any atom is 0.251 e. The Labute approximate surface area is 183 Å². The van der Waals surface area contributed by atoms with Crippen LogP contribution in [-0.2, 0) is 17.5 Å². The van der Waals surface area contributed by atoms with Gasteiger partial charge >= 0.3 is 0 Å². The Morgan fingerprint density at radius 2 is 1.97 bits per heavy atom. The summed E-state index contributed by atoms with van der Waals surface area (Å²) in [4.78, 5) is 15.3. The van der Waals surface area contributed by atoms with Gasteiger partial charge in [-0.25, -0.2) is 9.35 Å². The van der Waals surface area contributed by atoms with E-state index in [4.69, 9.17) is 14.6 Å². The van der Waals surface area contributed by atoms with Gasteiger partial charge in [0.25, 0.3) is 5.91 Å². The van der Waals surface area contributed by atoms with E-state index in [0.29, 0.717) is 35.9 Å². The SMILES string of the molecule is COc1cccc(N2CCOc3cc(C(=O)NCc4ccc(S(N)=O)cc4)ccc32)c1. The van der Waals surface area contributed by atoms with E-state index in [1.54, 1.807) is 43.5 Å². The Kier molecular flexibility index (Phi) is 6.20. The molecule has 1 aliphatic heterocycles. The lowest BCUT2D eigenvalue weighted by Gasteiger charge is -2.31. The number of nitrogens with one attached hydrogen (secondary N) is 1. The number of carbonyl (C=O) groups is 1. The van der Waals surface area contributed by atoms with Crippen molar-refractivity contribution < 1.29 is 18.5 Å². The van der Waals surface area contributed by atoms with Crippen LogP contribution in [-0.4, -0.2) is 30.4 Å². The van der Waals surface area contributed by atoms with Crippen LogP contribution in [0.15, 0.2) is 71.6 Å². The third kappa shape index (κ3) is 4.70. The smallest absolute Gasteiger partial charge is 0.251 e. The molecule has 3 aromatic rings. The molecule has 1 amide bonds. The second-order valence-electron chi connectivity index (χ2n) is 7.01. The van der Waals surface area contributed by atoms with Crippen LogP contribution < -0.4 is 24.8 Å². The minimum atomic E-state index is -1.51. The van der Waals surface area contributed by atoms with Gasteiger partial charge in [-0.2, -0.15) is 0 Å². The number of hydrogen-bond acceptors (Lipinski definition) is 5. The maximum atomic E-state index is 12.6. The number of ether oxygens (including phenoxy) is 2. The van der Waals surface area contributed by atoms with Crippen LogP contribution in [0, 0.1) is 0 Å². The predicted octanol–water partition coefficient (Wildman–Crippen LogP) is 3.14. The molecule has 1 heterocycles. The Balaban J connectivity index is 1.48. The molecule has 0 bridgehead atoms. The lowest BCUT2D eigenvalue weighted by molar-refractivity contribution is 0.0950. The van der Waals surface area contributed by atoms with E-state index < -0.39 is 11.0 Å². The number of nitrogens with two attached hydrogens (primary N) is 1. The summed E-state index contributed by atoms with van der Waals surface area (Å²) >= 11 is 0. The van der Waals surface area contributed by atoms with Gasteiger partial charge in [0.05, 0.1) is 24.2 Å². The topological polar surface area (TPSA) is 93.9 Å². The predicted molar refractivity (Wildman–Crippen MR) is 120 cm³/mol. The van der Waals surface area contributed by atoms with Crippen LogP contribution >= 0.6 is 0 Å². The van der Waals surface area contributed by atoms with E-state index in [1.165, 1.54) is 0 Å². The number of carbonyl (C=O) groups excluding carboxylic acids is 1. The molecule has 0 saturated heterocycles. The lowest BCUT2D eigenvalue weighted by Crippen LogP contribution is -2.29. The quantitative estimate of drug-likeness (QED) is 0.618. The fourth-order valence-corrected chi connectivity index (χ4v) is 3.84. The van der Waals surface area contributed by atoms with Gasteiger partial charge in [-0.3, -0.25) is 4.79 Å². The number of anilines is 2. The van der Waals surface area contributed by atoms with E-state index in [9.17, 15) is 9.00 Å². The van der Waals surface area contributed by atoms with Crippen molar-refractivity contribution in [2.45, 2.75) is 11.4 Å². The molecule has 4 rings (SSSR count). The van der Waals surface area contributed by atoms with Crippen molar-refractivity contribution in [2.24, 2.45) is 5.14 Å². The normalized spacial score (nSPS) is 13.7. The van der Waals surface area contributed by atoms with Crippen LogP contribution in [0.4, 0.5) is 11.4 Å². The summed E-state index contributed by atoms with van der Waals surface area (Å²) in [5.41, 5.74) is 3.32. The van der Waals surface area contributed by atoms with Crippen molar-refractivity contribution in [1.82, 2.24) is 5.32 Å². The Morgan fingerprint density at radius 3 is 2.71 bits per heavy atom. The summed E-state index contributed by atoms with van der Waals surface area (Å²) in [5, 5.41) is 8.26. The largest absolute Gasteiger partial charge is 0.497 e. The average Bonchev–Trinajstić information content (AvgIpc) is 2.82. The standard InChI is InChI=1S/C23H23N3O4S/c1-29-19-4-2-3-18(14-19)26-11-12-30-22-13-17(7-10-21(22)26)23(27)25-15-16-5-8-20(9-6-16)31(24)28/h2-10,13-14H,11-12,15,24H2,1H3,(H,25,27). The molecule has 3 N–H and O–H groups in total. The first-order chi connectivity index (χ1) is 15.0. The zero-order valence-electron chi connectivity index (χ0n) is 17.0. The summed E-state index contributed by atoms with van der Waals surface area (Å²) in [5.74, 6) is 1.25. The molecule has 7 nitrogen and oxygen atoms in total. The molecule has 31 heavy (non-hydrogen) atoms. The summed E-state index contributed by atoms with van der Waals surface area (Å²) < 4.78 is 22.4. The van der Waals surface area contributed by atoms with Gasteiger partial charge in [0.1, 0.15) is 29.1 Å². The summed E-state index contributed by atoms with van der Waals surface area (Å²) in [6, 6.07) is 20.3. The van der Waals surface area contributed by atoms with Gasteiger partial charge in [-0.05, 0) is 48.0 Å². The number of methoxy groups -OCH3 is 1. The van der Waals surface area contributed by atoms with E-state index in [0.717, 1.165) is 22.7 Å². The number of rotatable bonds is 6. The molecular weight excluding hydrogens is 414 g/mol. The maximum absolute atomic E-state index is 12.6. The second-order valence-corrected chi connectivity index (χ2v) is 8.07. The lowest BCUT2D eigenvalue weighted by atomic mass is 10.1. The number of nitrogens with zero attached hydrogens (tertiary/aromatic N) is 1. The fourth-order valence-electron chi connectivity index (χ4n) is 3.43. The first kappa shape index (κ1) is 20.9. The van der Waals surface area contributed by atoms with Crippen molar-refractivity contribution in [3.63, 3.8) is 0 Å². The molecule has 0 aromatic heterocycles. The van der Waals surface area contributed by atoms with E-state index in [1.807, 2.05) is 30.3 Å². The molecule has 160 valence electrons. The fraction of sp³-hybridized carbons (Fsp3) is 0.174. The Morgan fingerprint density at radius 1 is 1.16 bits per heavy atom. The van der Waals surface area contributed by atoms with Crippen molar-refractivity contribution in [2.75, 3.05) is 25.2 Å². The molecule has 8 heteroatoms. The highest BCUT2D eigenvalue weighted by atomic mass is 32.2. The highest BCUT2D eigenvalue weighted by Gasteiger charge is 2.21. The van der Waals surface area contributed by atoms with E-state index >= 15 is 0 Å². The van der Waals surface area contributed by atoms with Gasteiger partial charge < -0.3 is 19.7 Å². The van der Waals surface area contributed by atoms with Gasteiger partial charge in [0.15, 0.2) is 0 Å².